The quantitative estimate of drug-likeness (QED) is 0.432. The van der Waals surface area contributed by atoms with E-state index < -0.39 is 0 Å². The summed E-state index contributed by atoms with van der Waals surface area (Å²) in [5.74, 6) is 1.21. The first kappa shape index (κ1) is 16.8. The molecule has 4 rings (SSSR count). The first-order chi connectivity index (χ1) is 13.2. The Morgan fingerprint density at radius 2 is 1.96 bits per heavy atom. The fourth-order valence-corrected chi connectivity index (χ4v) is 2.77. The van der Waals surface area contributed by atoms with Crippen LogP contribution in [0.25, 0.3) is 33.8 Å². The molecular formula is C20H17N3O4. The standard InChI is InChI=1S/C20H17N3O4/c1-3-25-16-6-4-5-14-11-15(20(22-24)26-17(14)16)19-21-18(23-27-19)13-9-7-12(2)8-10-13/h4-11,24H,3H2,1-2H3/b22-20+. The molecule has 136 valence electrons. The van der Waals surface area contributed by atoms with E-state index in [9.17, 15) is 5.21 Å². The van der Waals surface area contributed by atoms with Crippen molar-refractivity contribution < 1.29 is 18.9 Å². The maximum atomic E-state index is 9.41. The number of nitrogens with zero attached hydrogens (tertiary/aromatic N) is 3. The molecule has 7 heteroatoms. The Labute approximate surface area is 154 Å². The van der Waals surface area contributed by atoms with Crippen LogP contribution in [0.1, 0.15) is 12.5 Å². The number of aromatic nitrogens is 2. The number of fused-ring (bicyclic) bond motifs is 1. The highest BCUT2D eigenvalue weighted by Gasteiger charge is 2.17. The third kappa shape index (κ3) is 3.15. The lowest BCUT2D eigenvalue weighted by atomic mass is 10.1. The number of rotatable bonds is 4. The Morgan fingerprint density at radius 3 is 2.70 bits per heavy atom. The molecule has 0 amide bonds. The van der Waals surface area contributed by atoms with E-state index in [2.05, 4.69) is 15.3 Å². The summed E-state index contributed by atoms with van der Waals surface area (Å²) in [6.45, 7) is 4.38. The second kappa shape index (κ2) is 6.95. The first-order valence-electron chi connectivity index (χ1n) is 8.48. The van der Waals surface area contributed by atoms with Gasteiger partial charge in [0.25, 0.3) is 11.4 Å². The van der Waals surface area contributed by atoms with E-state index >= 15 is 0 Å². The van der Waals surface area contributed by atoms with Crippen LogP contribution in [0, 0.1) is 6.92 Å². The molecule has 7 nitrogen and oxygen atoms in total. The normalized spacial score (nSPS) is 11.9. The number of ether oxygens (including phenoxy) is 1. The molecule has 2 heterocycles. The number of hydrogen-bond acceptors (Lipinski definition) is 7. The summed E-state index contributed by atoms with van der Waals surface area (Å²) in [4.78, 5) is 4.41. The zero-order valence-corrected chi connectivity index (χ0v) is 14.8. The molecule has 0 aliphatic carbocycles. The van der Waals surface area contributed by atoms with Gasteiger partial charge in [-0.05, 0) is 31.1 Å². The zero-order valence-electron chi connectivity index (χ0n) is 14.8. The summed E-state index contributed by atoms with van der Waals surface area (Å²) in [5.41, 5.74) is 2.81. The van der Waals surface area contributed by atoms with E-state index in [-0.39, 0.29) is 11.4 Å². The van der Waals surface area contributed by atoms with Crippen molar-refractivity contribution in [3.05, 3.63) is 59.6 Å². The summed E-state index contributed by atoms with van der Waals surface area (Å²) >= 11 is 0. The van der Waals surface area contributed by atoms with Gasteiger partial charge in [0.2, 0.25) is 5.82 Å². The van der Waals surface area contributed by atoms with Crippen LogP contribution >= 0.6 is 0 Å². The molecule has 0 aliphatic heterocycles. The number of para-hydroxylation sites is 1. The lowest BCUT2D eigenvalue weighted by Gasteiger charge is -2.06. The van der Waals surface area contributed by atoms with Crippen LogP contribution < -0.4 is 10.3 Å². The largest absolute Gasteiger partial charge is 0.490 e. The van der Waals surface area contributed by atoms with Crippen molar-refractivity contribution in [1.82, 2.24) is 10.1 Å². The van der Waals surface area contributed by atoms with E-state index in [1.807, 2.05) is 50.2 Å². The molecule has 4 aromatic rings. The van der Waals surface area contributed by atoms with Crippen LogP contribution in [0.3, 0.4) is 0 Å². The Balaban J connectivity index is 1.83. The van der Waals surface area contributed by atoms with Crippen molar-refractivity contribution in [3.8, 4) is 28.6 Å². The lowest BCUT2D eigenvalue weighted by Crippen LogP contribution is -2.06. The second-order valence-corrected chi connectivity index (χ2v) is 5.96. The maximum absolute atomic E-state index is 9.41. The van der Waals surface area contributed by atoms with Gasteiger partial charge in [0, 0.05) is 10.9 Å². The molecule has 0 aliphatic rings. The Kier molecular flexibility index (Phi) is 4.33. The second-order valence-electron chi connectivity index (χ2n) is 5.96. The number of hydrogen-bond donors (Lipinski definition) is 1. The van der Waals surface area contributed by atoms with Crippen LogP contribution in [0.5, 0.6) is 5.75 Å². The van der Waals surface area contributed by atoms with Crippen molar-refractivity contribution in [1.29, 1.82) is 0 Å². The molecule has 1 N–H and O–H groups in total. The van der Waals surface area contributed by atoms with E-state index in [4.69, 9.17) is 13.7 Å². The molecule has 0 saturated carbocycles. The topological polar surface area (TPSA) is 93.9 Å². The van der Waals surface area contributed by atoms with Gasteiger partial charge >= 0.3 is 0 Å². The summed E-state index contributed by atoms with van der Waals surface area (Å²) in [7, 11) is 0. The SMILES string of the molecule is CCOc1cccc2cc(-c3nc(-c4ccc(C)cc4)no3)/c(=N\O)oc12. The average molecular weight is 363 g/mol. The molecule has 0 atom stereocenters. The minimum Gasteiger partial charge on any atom is -0.490 e. The van der Waals surface area contributed by atoms with E-state index in [0.717, 1.165) is 16.5 Å². The fraction of sp³-hybridized carbons (Fsp3) is 0.150. The van der Waals surface area contributed by atoms with Crippen LogP contribution in [0.15, 0.2) is 62.6 Å². The van der Waals surface area contributed by atoms with Crippen molar-refractivity contribution in [2.24, 2.45) is 5.16 Å². The molecule has 27 heavy (non-hydrogen) atoms. The fourth-order valence-electron chi connectivity index (χ4n) is 2.77. The van der Waals surface area contributed by atoms with E-state index in [1.165, 1.54) is 0 Å². The molecule has 0 unspecified atom stereocenters. The monoisotopic (exact) mass is 363 g/mol. The predicted octanol–water partition coefficient (Wildman–Crippen LogP) is 4.15. The smallest absolute Gasteiger partial charge is 0.268 e. The van der Waals surface area contributed by atoms with Crippen LogP contribution in [0.4, 0.5) is 0 Å². The molecule has 0 fully saturated rings. The van der Waals surface area contributed by atoms with Crippen molar-refractivity contribution in [2.75, 3.05) is 6.61 Å². The predicted molar refractivity (Wildman–Crippen MR) is 98.2 cm³/mol. The Bertz CT molecular complexity index is 1160. The van der Waals surface area contributed by atoms with Crippen LogP contribution in [-0.4, -0.2) is 22.0 Å². The Hall–Kier alpha value is -3.61. The van der Waals surface area contributed by atoms with E-state index in [1.54, 1.807) is 12.1 Å². The lowest BCUT2D eigenvalue weighted by molar-refractivity contribution is 0.274. The molecule has 2 aromatic heterocycles. The molecule has 2 aromatic carbocycles. The van der Waals surface area contributed by atoms with Crippen LogP contribution in [0.2, 0.25) is 0 Å². The number of aryl methyl sites for hydroxylation is 1. The van der Waals surface area contributed by atoms with Crippen molar-refractivity contribution >= 4 is 11.0 Å². The number of benzene rings is 2. The van der Waals surface area contributed by atoms with Crippen molar-refractivity contribution in [2.45, 2.75) is 13.8 Å². The first-order valence-corrected chi connectivity index (χ1v) is 8.48. The molecular weight excluding hydrogens is 346 g/mol. The zero-order chi connectivity index (χ0) is 18.8. The average Bonchev–Trinajstić information content (AvgIpc) is 3.18. The van der Waals surface area contributed by atoms with E-state index in [0.29, 0.717) is 29.3 Å². The van der Waals surface area contributed by atoms with Gasteiger partial charge in [0.05, 0.1) is 6.61 Å². The minimum atomic E-state index is -0.0336. The third-order valence-corrected chi connectivity index (χ3v) is 4.10. The van der Waals surface area contributed by atoms with Crippen molar-refractivity contribution in [3.63, 3.8) is 0 Å². The molecule has 0 bridgehead atoms. The Morgan fingerprint density at radius 1 is 1.15 bits per heavy atom. The van der Waals surface area contributed by atoms with Gasteiger partial charge in [0.1, 0.15) is 5.56 Å². The summed E-state index contributed by atoms with van der Waals surface area (Å²) < 4.78 is 16.7. The molecule has 0 saturated heterocycles. The molecule has 0 spiro atoms. The summed E-state index contributed by atoms with van der Waals surface area (Å²) in [6.07, 6.45) is 0. The highest BCUT2D eigenvalue weighted by Crippen LogP contribution is 2.28. The van der Waals surface area contributed by atoms with Gasteiger partial charge < -0.3 is 18.9 Å². The van der Waals surface area contributed by atoms with Crippen LogP contribution in [-0.2, 0) is 0 Å². The third-order valence-electron chi connectivity index (χ3n) is 4.10. The molecule has 0 radical (unpaired) electrons. The highest BCUT2D eigenvalue weighted by molar-refractivity contribution is 5.85. The van der Waals surface area contributed by atoms with Gasteiger partial charge in [-0.15, -0.1) is 0 Å². The minimum absolute atomic E-state index is 0.0336. The van der Waals surface area contributed by atoms with Gasteiger partial charge in [-0.3, -0.25) is 0 Å². The van der Waals surface area contributed by atoms with Gasteiger partial charge in [0.15, 0.2) is 11.3 Å². The summed E-state index contributed by atoms with van der Waals surface area (Å²) in [5, 5.41) is 17.4. The van der Waals surface area contributed by atoms with Gasteiger partial charge in [-0.1, -0.05) is 47.1 Å². The van der Waals surface area contributed by atoms with Gasteiger partial charge in [-0.25, -0.2) is 0 Å². The summed E-state index contributed by atoms with van der Waals surface area (Å²) in [6, 6.07) is 15.1. The van der Waals surface area contributed by atoms with Gasteiger partial charge in [-0.2, -0.15) is 4.98 Å². The highest BCUT2D eigenvalue weighted by atomic mass is 16.5. The maximum Gasteiger partial charge on any atom is 0.268 e.